The molecule has 0 radical (unpaired) electrons. The molecule has 0 spiro atoms. The van der Waals surface area contributed by atoms with Gasteiger partial charge in [-0.1, -0.05) is 39.3 Å². The molecule has 0 aliphatic carbocycles. The number of carbonyl (C=O) groups is 1. The number of rotatable bonds is 0. The largest absolute Gasteiger partial charge is 0.378 e. The van der Waals surface area contributed by atoms with E-state index in [0.717, 1.165) is 32.6 Å². The van der Waals surface area contributed by atoms with E-state index < -0.39 is 0 Å². The van der Waals surface area contributed by atoms with Gasteiger partial charge in [-0.3, -0.25) is 0 Å². The van der Waals surface area contributed by atoms with E-state index in [1.54, 1.807) is 0 Å². The van der Waals surface area contributed by atoms with E-state index in [1.165, 1.54) is 5.57 Å². The van der Waals surface area contributed by atoms with Crippen LogP contribution in [0.25, 0.3) is 0 Å². The molecule has 19 heavy (non-hydrogen) atoms. The minimum atomic E-state index is 0.169. The molecule has 4 heteroatoms. The average molecular weight is 270 g/mol. The molecule has 1 fully saturated rings. The predicted molar refractivity (Wildman–Crippen MR) is 80.4 cm³/mol. The zero-order chi connectivity index (χ0) is 14.7. The Hall–Kier alpha value is -1.03. The molecular formula is C15H30N2O2. The van der Waals surface area contributed by atoms with E-state index in [0.29, 0.717) is 13.2 Å². The van der Waals surface area contributed by atoms with Crippen LogP contribution in [0.5, 0.6) is 0 Å². The second-order valence-electron chi connectivity index (χ2n) is 4.13. The van der Waals surface area contributed by atoms with Crippen LogP contribution in [0.3, 0.4) is 0 Å². The van der Waals surface area contributed by atoms with Gasteiger partial charge in [0.15, 0.2) is 0 Å². The highest BCUT2D eigenvalue weighted by atomic mass is 16.5. The summed E-state index contributed by atoms with van der Waals surface area (Å²) in [6.45, 7) is 14.6. The van der Waals surface area contributed by atoms with Crippen molar-refractivity contribution in [2.24, 2.45) is 0 Å². The van der Waals surface area contributed by atoms with E-state index in [4.69, 9.17) is 4.74 Å². The van der Waals surface area contributed by atoms with Crippen molar-refractivity contribution in [3.05, 3.63) is 11.6 Å². The lowest BCUT2D eigenvalue weighted by molar-refractivity contribution is 0.0439. The van der Waals surface area contributed by atoms with Crippen molar-refractivity contribution < 1.29 is 9.53 Å². The van der Waals surface area contributed by atoms with Crippen molar-refractivity contribution in [1.82, 2.24) is 9.80 Å². The maximum absolute atomic E-state index is 12.0. The van der Waals surface area contributed by atoms with Gasteiger partial charge in [0.1, 0.15) is 0 Å². The Kier molecular flexibility index (Phi) is 10.3. The number of amides is 2. The highest BCUT2D eigenvalue weighted by molar-refractivity contribution is 5.75. The minimum absolute atomic E-state index is 0.169. The second-order valence-corrected chi connectivity index (χ2v) is 4.13. The van der Waals surface area contributed by atoms with Gasteiger partial charge in [-0.2, -0.15) is 0 Å². The van der Waals surface area contributed by atoms with E-state index >= 15 is 0 Å². The van der Waals surface area contributed by atoms with Crippen molar-refractivity contribution in [1.29, 1.82) is 0 Å². The third-order valence-corrected chi connectivity index (χ3v) is 2.99. The molecule has 2 rings (SSSR count). The lowest BCUT2D eigenvalue weighted by Gasteiger charge is -2.34. The third-order valence-electron chi connectivity index (χ3n) is 2.99. The summed E-state index contributed by atoms with van der Waals surface area (Å²) in [4.78, 5) is 15.8. The second kappa shape index (κ2) is 10.9. The summed E-state index contributed by atoms with van der Waals surface area (Å²) in [5.41, 5.74) is 1.39. The maximum atomic E-state index is 12.0. The fourth-order valence-electron chi connectivity index (χ4n) is 1.90. The van der Waals surface area contributed by atoms with Gasteiger partial charge in [0, 0.05) is 26.2 Å². The topological polar surface area (TPSA) is 32.8 Å². The first-order chi connectivity index (χ1) is 9.27. The number of carbonyl (C=O) groups excluding carboxylic acids is 1. The Balaban J connectivity index is 0.000000741. The first-order valence-corrected chi connectivity index (χ1v) is 7.54. The van der Waals surface area contributed by atoms with Crippen molar-refractivity contribution in [2.75, 3.05) is 39.4 Å². The van der Waals surface area contributed by atoms with Crippen molar-refractivity contribution >= 4 is 6.03 Å². The molecule has 1 saturated heterocycles. The Morgan fingerprint density at radius 3 is 2.11 bits per heavy atom. The summed E-state index contributed by atoms with van der Waals surface area (Å²) in [7, 11) is 0. The van der Waals surface area contributed by atoms with Crippen molar-refractivity contribution in [3.8, 4) is 0 Å². The summed E-state index contributed by atoms with van der Waals surface area (Å²) in [6.07, 6.45) is 3.15. The van der Waals surface area contributed by atoms with E-state index in [9.17, 15) is 4.79 Å². The normalized spacial score (nSPS) is 18.5. The number of nitrogens with zero attached hydrogens (tertiary/aromatic N) is 2. The van der Waals surface area contributed by atoms with Gasteiger partial charge in [0.25, 0.3) is 0 Å². The zero-order valence-electron chi connectivity index (χ0n) is 13.2. The van der Waals surface area contributed by atoms with Gasteiger partial charge in [-0.25, -0.2) is 4.79 Å². The Labute approximate surface area is 118 Å². The number of morpholine rings is 1. The van der Waals surface area contributed by atoms with Crippen LogP contribution in [0, 0.1) is 0 Å². The lowest BCUT2D eigenvalue weighted by Crippen LogP contribution is -2.49. The smallest absolute Gasteiger partial charge is 0.320 e. The molecule has 0 aromatic heterocycles. The van der Waals surface area contributed by atoms with Crippen LogP contribution in [0.2, 0.25) is 0 Å². The molecule has 2 amide bonds. The highest BCUT2D eigenvalue weighted by Crippen LogP contribution is 2.12. The minimum Gasteiger partial charge on any atom is -0.378 e. The molecule has 4 nitrogen and oxygen atoms in total. The van der Waals surface area contributed by atoms with Crippen LogP contribution in [-0.2, 0) is 4.74 Å². The monoisotopic (exact) mass is 270 g/mol. The molecule has 0 aromatic carbocycles. The molecule has 2 aliphatic heterocycles. The van der Waals surface area contributed by atoms with Gasteiger partial charge in [0.2, 0.25) is 0 Å². The quantitative estimate of drug-likeness (QED) is 0.633. The Morgan fingerprint density at radius 2 is 1.63 bits per heavy atom. The van der Waals surface area contributed by atoms with Crippen molar-refractivity contribution in [2.45, 2.75) is 41.0 Å². The summed E-state index contributed by atoms with van der Waals surface area (Å²) < 4.78 is 5.23. The molecule has 0 saturated carbocycles. The summed E-state index contributed by atoms with van der Waals surface area (Å²) >= 11 is 0. The van der Waals surface area contributed by atoms with E-state index in [-0.39, 0.29) is 6.03 Å². The van der Waals surface area contributed by atoms with Crippen LogP contribution < -0.4 is 0 Å². The SMILES string of the molecule is CC.CC.CC1=CCN(C(=O)N2CCOCC2)CC1. The molecular weight excluding hydrogens is 240 g/mol. The van der Waals surface area contributed by atoms with Gasteiger partial charge >= 0.3 is 6.03 Å². The van der Waals surface area contributed by atoms with Crippen LogP contribution in [0.4, 0.5) is 4.79 Å². The predicted octanol–water partition coefficient (Wildman–Crippen LogP) is 3.14. The summed E-state index contributed by atoms with van der Waals surface area (Å²) in [5, 5.41) is 0. The molecule has 0 unspecified atom stereocenters. The maximum Gasteiger partial charge on any atom is 0.320 e. The molecule has 0 bridgehead atoms. The van der Waals surface area contributed by atoms with E-state index in [2.05, 4.69) is 13.0 Å². The van der Waals surface area contributed by atoms with Crippen LogP contribution in [0.15, 0.2) is 11.6 Å². The lowest BCUT2D eigenvalue weighted by atomic mass is 10.1. The average Bonchev–Trinajstić information content (AvgIpc) is 2.52. The summed E-state index contributed by atoms with van der Waals surface area (Å²) in [6, 6.07) is 0.169. The number of ether oxygens (including phenoxy) is 1. The van der Waals surface area contributed by atoms with Crippen LogP contribution >= 0.6 is 0 Å². The number of hydrogen-bond acceptors (Lipinski definition) is 2. The Morgan fingerprint density at radius 1 is 1.05 bits per heavy atom. The Bertz CT molecular complexity index is 271. The third kappa shape index (κ3) is 6.10. The first-order valence-electron chi connectivity index (χ1n) is 7.54. The first kappa shape index (κ1) is 18.0. The fraction of sp³-hybridized carbons (Fsp3) is 0.800. The standard InChI is InChI=1S/C11H18N2O2.2C2H6/c1-10-2-4-12(5-3-10)11(14)13-6-8-15-9-7-13;2*1-2/h2H,3-9H2,1H3;2*1-2H3. The number of urea groups is 1. The molecule has 0 aromatic rings. The summed E-state index contributed by atoms with van der Waals surface area (Å²) in [5.74, 6) is 0. The molecule has 112 valence electrons. The van der Waals surface area contributed by atoms with Crippen LogP contribution in [0.1, 0.15) is 41.0 Å². The highest BCUT2D eigenvalue weighted by Gasteiger charge is 2.23. The van der Waals surface area contributed by atoms with Gasteiger partial charge in [-0.05, 0) is 13.3 Å². The van der Waals surface area contributed by atoms with Gasteiger partial charge in [-0.15, -0.1) is 0 Å². The molecule has 0 N–H and O–H groups in total. The van der Waals surface area contributed by atoms with Crippen LogP contribution in [-0.4, -0.2) is 55.2 Å². The van der Waals surface area contributed by atoms with Gasteiger partial charge < -0.3 is 14.5 Å². The van der Waals surface area contributed by atoms with E-state index in [1.807, 2.05) is 37.5 Å². The van der Waals surface area contributed by atoms with Crippen molar-refractivity contribution in [3.63, 3.8) is 0 Å². The van der Waals surface area contributed by atoms with Gasteiger partial charge in [0.05, 0.1) is 13.2 Å². The fourth-order valence-corrected chi connectivity index (χ4v) is 1.90. The molecule has 2 heterocycles. The molecule has 2 aliphatic rings. The zero-order valence-corrected chi connectivity index (χ0v) is 13.2. The molecule has 0 atom stereocenters. The number of hydrogen-bond donors (Lipinski definition) is 0.